The number of carbonyl (C=O) groups excluding carboxylic acids is 11. The smallest absolute Gasteiger partial charge is 0.305 e. The lowest BCUT2D eigenvalue weighted by atomic mass is 9.76. The first-order valence-corrected chi connectivity index (χ1v) is 38.9. The summed E-state index contributed by atoms with van der Waals surface area (Å²) in [5.74, 6) is -15.2. The maximum atomic E-state index is 15.6. The van der Waals surface area contributed by atoms with Crippen LogP contribution in [-0.4, -0.2) is 199 Å². The summed E-state index contributed by atoms with van der Waals surface area (Å²) in [5.41, 5.74) is 15.3. The number of ether oxygens (including phenoxy) is 1. The number of nitrogens with two attached hydrogens (primary N) is 2. The molecule has 0 spiro atoms. The van der Waals surface area contributed by atoms with Crippen molar-refractivity contribution in [1.29, 1.82) is 0 Å². The van der Waals surface area contributed by atoms with E-state index < -0.39 is 193 Å². The van der Waals surface area contributed by atoms with Crippen LogP contribution in [0.2, 0.25) is 0 Å². The van der Waals surface area contributed by atoms with Crippen molar-refractivity contribution in [2.75, 3.05) is 19.8 Å². The molecule has 0 radical (unpaired) electrons. The fraction of sp³-hybridized carbons (Fsp3) is 0.488. The van der Waals surface area contributed by atoms with Gasteiger partial charge in [0, 0.05) is 88.6 Å². The SMILES string of the molecule is CCc1cc(OCCCCn2cc(CN)nn2)ccc1-c1ccc(C[C@H](CC(=O)[C@H](CC(=O)O)NC(=O)[C@H](CO)CC(=O)[C@@H](NC(=O)[C@@](C)(CC(=O)[C@@H](NC(=O)CCC(=O)[C@H](Cc2nnn[nH]2)NC(=O)C(C)(C)C(=O)NCCc2cnc[nH]2)[C@@H](C)O)Cc2ccccc2F)[C@@H](C)O)C(=O)N[C@@H](CCCc2cc(C)cc(C)c2)C(N)=O)cc1. The Morgan fingerprint density at radius 3 is 1.99 bits per heavy atom. The van der Waals surface area contributed by atoms with Crippen LogP contribution >= 0.6 is 0 Å². The normalized spacial score (nSPS) is 14.3. The molecule has 35 heteroatoms. The number of imidazole rings is 1. The zero-order chi connectivity index (χ0) is 85.7. The van der Waals surface area contributed by atoms with Crippen molar-refractivity contribution in [3.05, 3.63) is 160 Å². The van der Waals surface area contributed by atoms with E-state index in [0.717, 1.165) is 71.8 Å². The highest BCUT2D eigenvalue weighted by atomic mass is 19.1. The molecule has 34 nitrogen and oxygen atoms in total. The monoisotopic (exact) mass is 1620 g/mol. The zero-order valence-corrected chi connectivity index (χ0v) is 67.1. The average Bonchev–Trinajstić information content (AvgIpc) is 1.71. The van der Waals surface area contributed by atoms with E-state index in [9.17, 15) is 78.0 Å². The zero-order valence-electron chi connectivity index (χ0n) is 67.1. The molecular formula is C82H108FN17O17. The molecule has 0 saturated heterocycles. The van der Waals surface area contributed by atoms with Crippen LogP contribution in [0.25, 0.3) is 11.1 Å². The summed E-state index contributed by atoms with van der Waals surface area (Å²) in [7, 11) is 0. The van der Waals surface area contributed by atoms with Gasteiger partial charge in [0.05, 0.1) is 67.3 Å². The molecule has 0 unspecified atom stereocenters. The Balaban J connectivity index is 1.04. The van der Waals surface area contributed by atoms with Crippen LogP contribution in [-0.2, 0) is 109 Å². The first-order valence-electron chi connectivity index (χ1n) is 38.9. The third-order valence-corrected chi connectivity index (χ3v) is 20.3. The predicted octanol–water partition coefficient (Wildman–Crippen LogP) is 2.86. The number of halogens is 1. The van der Waals surface area contributed by atoms with Gasteiger partial charge in [-0.2, -0.15) is 0 Å². The van der Waals surface area contributed by atoms with Gasteiger partial charge in [0.25, 0.3) is 0 Å². The van der Waals surface area contributed by atoms with Crippen molar-refractivity contribution >= 4 is 70.5 Å². The average molecular weight is 1620 g/mol. The largest absolute Gasteiger partial charge is 0.494 e. The molecule has 0 aliphatic heterocycles. The second-order valence-corrected chi connectivity index (χ2v) is 30.4. The van der Waals surface area contributed by atoms with Crippen molar-refractivity contribution in [2.24, 2.45) is 34.1 Å². The van der Waals surface area contributed by atoms with Gasteiger partial charge in [-0.15, -0.1) is 10.2 Å². The number of amides is 7. The quantitative estimate of drug-likeness (QED) is 0.0192. The highest BCUT2D eigenvalue weighted by Crippen LogP contribution is 2.33. The predicted molar refractivity (Wildman–Crippen MR) is 423 cm³/mol. The van der Waals surface area contributed by atoms with Crippen molar-refractivity contribution in [3.63, 3.8) is 0 Å². The Morgan fingerprint density at radius 1 is 0.684 bits per heavy atom. The van der Waals surface area contributed by atoms with Gasteiger partial charge in [0.1, 0.15) is 35.1 Å². The topological polar surface area (TPSA) is 533 Å². The lowest BCUT2D eigenvalue weighted by Crippen LogP contribution is -2.55. The number of aliphatic hydroxyl groups is 3. The molecule has 10 atom stereocenters. The van der Waals surface area contributed by atoms with Crippen molar-refractivity contribution in [1.82, 2.24) is 77.5 Å². The molecule has 7 rings (SSSR count). The Bertz CT molecular complexity index is 4530. The number of aliphatic hydroxyl groups excluding tert-OH is 3. The number of rotatable bonds is 51. The third-order valence-electron chi connectivity index (χ3n) is 20.3. The number of aliphatic carboxylic acids is 1. The molecule has 0 fully saturated rings. The fourth-order valence-electron chi connectivity index (χ4n) is 13.5. The van der Waals surface area contributed by atoms with Crippen LogP contribution in [0, 0.1) is 42.3 Å². The maximum Gasteiger partial charge on any atom is 0.305 e. The number of primary amides is 1. The number of Topliss-reactive ketones (excluding diaryl/α,β-unsaturated/α-hetero) is 4. The number of carbonyl (C=O) groups is 12. The number of benzene rings is 4. The number of aromatic amines is 2. The van der Waals surface area contributed by atoms with Crippen molar-refractivity contribution in [3.8, 4) is 16.9 Å². The molecule has 117 heavy (non-hydrogen) atoms. The molecule has 3 aromatic heterocycles. The number of carboxylic acids is 1. The van der Waals surface area contributed by atoms with Gasteiger partial charge in [-0.05, 0) is 155 Å². The molecule has 0 bridgehead atoms. The third kappa shape index (κ3) is 28.3. The number of H-pyrrole nitrogens is 2. The number of nitrogens with one attached hydrogen (secondary N) is 8. The van der Waals surface area contributed by atoms with E-state index in [4.69, 9.17) is 16.2 Å². The number of carboxylic acid groups (broad SMARTS) is 1. The van der Waals surface area contributed by atoms with E-state index in [2.05, 4.69) is 72.8 Å². The Kier molecular flexibility index (Phi) is 35.1. The fourth-order valence-corrected chi connectivity index (χ4v) is 13.5. The summed E-state index contributed by atoms with van der Waals surface area (Å²) >= 11 is 0. The number of tetrazole rings is 1. The lowest BCUT2D eigenvalue weighted by molar-refractivity contribution is -0.143. The Labute approximate surface area is 676 Å². The van der Waals surface area contributed by atoms with Gasteiger partial charge >= 0.3 is 5.97 Å². The van der Waals surface area contributed by atoms with Crippen LogP contribution < -0.4 is 48.1 Å². The highest BCUT2D eigenvalue weighted by molar-refractivity contribution is 6.06. The van der Waals surface area contributed by atoms with E-state index in [0.29, 0.717) is 62.4 Å². The van der Waals surface area contributed by atoms with Crippen molar-refractivity contribution < 1.29 is 87.1 Å². The van der Waals surface area contributed by atoms with Gasteiger partial charge in [-0.3, -0.25) is 62.2 Å². The van der Waals surface area contributed by atoms with Gasteiger partial charge in [0.15, 0.2) is 29.0 Å². The molecule has 7 amide bonds. The second-order valence-electron chi connectivity index (χ2n) is 30.4. The molecule has 0 saturated carbocycles. The van der Waals surface area contributed by atoms with Gasteiger partial charge < -0.3 is 73.5 Å². The molecule has 16 N–H and O–H groups in total. The first-order chi connectivity index (χ1) is 55.6. The summed E-state index contributed by atoms with van der Waals surface area (Å²) in [6, 6.07) is 15.9. The minimum Gasteiger partial charge on any atom is -0.494 e. The Morgan fingerprint density at radius 2 is 1.37 bits per heavy atom. The summed E-state index contributed by atoms with van der Waals surface area (Å²) in [5, 5.41) is 79.6. The highest BCUT2D eigenvalue weighted by Gasteiger charge is 2.44. The van der Waals surface area contributed by atoms with Crippen LogP contribution in [0.1, 0.15) is 156 Å². The number of ketones is 4. The van der Waals surface area contributed by atoms with E-state index in [-0.39, 0.29) is 37.2 Å². The van der Waals surface area contributed by atoms with Crippen molar-refractivity contribution in [2.45, 2.75) is 214 Å². The molecule has 630 valence electrons. The molecule has 7 aromatic rings. The van der Waals surface area contributed by atoms with Crippen LogP contribution in [0.15, 0.2) is 104 Å². The van der Waals surface area contributed by atoms with Gasteiger partial charge in [-0.25, -0.2) is 14.5 Å². The number of hydrogen-bond donors (Lipinski definition) is 14. The number of aryl methyl sites for hydroxylation is 5. The number of aromatic nitrogens is 9. The minimum atomic E-state index is -2.11. The Hall–Kier alpha value is -11.7. The number of unbranched alkanes of at least 4 members (excludes halogenated alkanes) is 1. The number of nitrogens with zero attached hydrogens (tertiary/aromatic N) is 7. The van der Waals surface area contributed by atoms with E-state index in [1.807, 2.05) is 75.5 Å². The summed E-state index contributed by atoms with van der Waals surface area (Å²) in [6.07, 6.45) is -0.938. The van der Waals surface area contributed by atoms with E-state index in [1.165, 1.54) is 45.3 Å². The maximum absolute atomic E-state index is 15.6. The molecule has 0 aliphatic rings. The second kappa shape index (κ2) is 44.4. The van der Waals surface area contributed by atoms with Gasteiger partial charge in [-0.1, -0.05) is 96.9 Å². The van der Waals surface area contributed by atoms with Crippen LogP contribution in [0.5, 0.6) is 5.75 Å². The van der Waals surface area contributed by atoms with Crippen LogP contribution in [0.3, 0.4) is 0 Å². The number of hydrogen-bond acceptors (Lipinski definition) is 23. The summed E-state index contributed by atoms with van der Waals surface area (Å²) in [4.78, 5) is 174. The minimum absolute atomic E-state index is 0.0563. The molecule has 3 heterocycles. The van der Waals surface area contributed by atoms with Gasteiger partial charge in [0.2, 0.25) is 41.4 Å². The first kappa shape index (κ1) is 92.5. The summed E-state index contributed by atoms with van der Waals surface area (Å²) < 4.78 is 23.5. The molecule has 0 aliphatic carbocycles. The molecule has 4 aromatic carbocycles. The lowest BCUT2D eigenvalue weighted by Gasteiger charge is -2.33. The van der Waals surface area contributed by atoms with E-state index >= 15 is 4.39 Å². The van der Waals surface area contributed by atoms with E-state index in [1.54, 1.807) is 23.0 Å². The summed E-state index contributed by atoms with van der Waals surface area (Å²) in [6.45, 7) is 12.5. The molecular weight excluding hydrogens is 1510 g/mol. The van der Waals surface area contributed by atoms with Crippen LogP contribution in [0.4, 0.5) is 4.39 Å². The standard InChI is InChI=1S/C82H108FN17O17/c1-9-53-35-60(117-30-13-12-29-100-44-59(42-84)94-99-100)23-24-61(53)54-21-19-51(20-22-54)34-56(76(112)89-63(75(85)111)18-14-15-52-32-47(2)31-48(3)33-52)36-67(105)65(39-72(109)110)90-77(113)57(45-101)37-68(106)73(49(4)102)93-80(116)82(8,40-55-16-10-11-17-62(55)83)41-69(107)74(50(5)103)92-71(108)26-25-66(104)64(38-70-95-97-98-96-70)91-79(115)81(6,7)78(114)87-28-27-58-43-86-46-88-58/h10-11,16-17,19-24,31-33,35,43-44,46,49-50,56-57,63-65,73-74,101-103H,9,12-15,18,25-30,34,36-42,45,84H2,1-8H3,(H2,85,111)(H,86,88)(H,87,114)(H,89,112)(H,90,113)(H,91,115)(H,92,108)(H,93,116)(H,109,110)(H,95,96,97,98)/t49-,50-,56-,57+,63+,64+,65+,73+,74+,82-/m1/s1.